The lowest BCUT2D eigenvalue weighted by Gasteiger charge is -2.09. The molecule has 3 N–H and O–H groups in total. The number of aryl methyl sites for hydroxylation is 1. The Morgan fingerprint density at radius 1 is 1.05 bits per heavy atom. The average Bonchev–Trinajstić information content (AvgIpc) is 2.50. The zero-order valence-corrected chi connectivity index (χ0v) is 12.1. The molecule has 0 radical (unpaired) electrons. The number of carbonyl (C=O) groups excluding carboxylic acids is 1. The van der Waals surface area contributed by atoms with Crippen molar-refractivity contribution in [3.63, 3.8) is 0 Å². The third-order valence-corrected chi connectivity index (χ3v) is 3.30. The molecule has 2 aromatic carbocycles. The van der Waals surface area contributed by atoms with Crippen LogP contribution in [0.15, 0.2) is 48.5 Å². The van der Waals surface area contributed by atoms with E-state index in [-0.39, 0.29) is 12.6 Å². The van der Waals surface area contributed by atoms with Crippen LogP contribution in [0, 0.1) is 6.92 Å². The van der Waals surface area contributed by atoms with Crippen LogP contribution in [0.25, 0.3) is 0 Å². The van der Waals surface area contributed by atoms with E-state index in [0.29, 0.717) is 6.54 Å². The molecule has 0 aromatic heterocycles. The zero-order valence-electron chi connectivity index (χ0n) is 12.1. The van der Waals surface area contributed by atoms with Crippen LogP contribution in [0.2, 0.25) is 0 Å². The Kier molecular flexibility index (Phi) is 5.35. The molecule has 4 nitrogen and oxygen atoms in total. The number of amides is 2. The summed E-state index contributed by atoms with van der Waals surface area (Å²) in [6.07, 6.45) is 0.757. The predicted molar refractivity (Wildman–Crippen MR) is 84.3 cm³/mol. The van der Waals surface area contributed by atoms with Gasteiger partial charge in [0.05, 0.1) is 6.61 Å². The summed E-state index contributed by atoms with van der Waals surface area (Å²) in [7, 11) is 0. The molecule has 21 heavy (non-hydrogen) atoms. The van der Waals surface area contributed by atoms with Gasteiger partial charge in [0.15, 0.2) is 0 Å². The second-order valence-corrected chi connectivity index (χ2v) is 4.92. The van der Waals surface area contributed by atoms with E-state index in [1.807, 2.05) is 55.5 Å². The number of aliphatic hydroxyl groups excluding tert-OH is 1. The number of carbonyl (C=O) groups is 1. The van der Waals surface area contributed by atoms with Crippen LogP contribution >= 0.6 is 0 Å². The van der Waals surface area contributed by atoms with E-state index in [1.165, 1.54) is 0 Å². The molecule has 0 bridgehead atoms. The van der Waals surface area contributed by atoms with Crippen LogP contribution in [0.1, 0.15) is 16.7 Å². The van der Waals surface area contributed by atoms with Gasteiger partial charge in [-0.05, 0) is 36.1 Å². The largest absolute Gasteiger partial charge is 0.392 e. The molecule has 0 aliphatic carbocycles. The number of hydrogen-bond donors (Lipinski definition) is 3. The number of nitrogens with one attached hydrogen (secondary N) is 2. The maximum Gasteiger partial charge on any atom is 0.319 e. The van der Waals surface area contributed by atoms with Gasteiger partial charge in [0.25, 0.3) is 0 Å². The van der Waals surface area contributed by atoms with Crippen molar-refractivity contribution < 1.29 is 9.90 Å². The monoisotopic (exact) mass is 284 g/mol. The van der Waals surface area contributed by atoms with E-state index in [4.69, 9.17) is 5.11 Å². The highest BCUT2D eigenvalue weighted by atomic mass is 16.3. The number of hydrogen-bond acceptors (Lipinski definition) is 2. The first-order chi connectivity index (χ1) is 10.2. The van der Waals surface area contributed by atoms with Gasteiger partial charge in [0.1, 0.15) is 0 Å². The highest BCUT2D eigenvalue weighted by molar-refractivity contribution is 5.89. The molecule has 0 aliphatic heterocycles. The smallest absolute Gasteiger partial charge is 0.319 e. The van der Waals surface area contributed by atoms with E-state index >= 15 is 0 Å². The maximum atomic E-state index is 11.8. The van der Waals surface area contributed by atoms with E-state index in [1.54, 1.807) is 0 Å². The minimum Gasteiger partial charge on any atom is -0.392 e. The first-order valence-corrected chi connectivity index (χ1v) is 6.98. The first-order valence-electron chi connectivity index (χ1n) is 6.98. The molecule has 2 aromatic rings. The summed E-state index contributed by atoms with van der Waals surface area (Å²) in [6.45, 7) is 2.58. The lowest BCUT2D eigenvalue weighted by Crippen LogP contribution is -2.30. The Morgan fingerprint density at radius 2 is 1.71 bits per heavy atom. The molecule has 4 heteroatoms. The molecule has 0 saturated carbocycles. The molecule has 110 valence electrons. The topological polar surface area (TPSA) is 61.4 Å². The first kappa shape index (κ1) is 15.1. The van der Waals surface area contributed by atoms with Gasteiger partial charge in [0, 0.05) is 12.2 Å². The third kappa shape index (κ3) is 4.61. The van der Waals surface area contributed by atoms with E-state index in [2.05, 4.69) is 10.6 Å². The van der Waals surface area contributed by atoms with Gasteiger partial charge in [-0.2, -0.15) is 0 Å². The van der Waals surface area contributed by atoms with Crippen molar-refractivity contribution in [3.8, 4) is 0 Å². The number of aliphatic hydroxyl groups is 1. The molecule has 0 fully saturated rings. The molecule has 0 heterocycles. The number of para-hydroxylation sites is 1. The minimum absolute atomic E-state index is 0.0529. The van der Waals surface area contributed by atoms with Gasteiger partial charge in [-0.1, -0.05) is 42.5 Å². The van der Waals surface area contributed by atoms with Gasteiger partial charge >= 0.3 is 6.03 Å². The van der Waals surface area contributed by atoms with Crippen molar-refractivity contribution >= 4 is 11.7 Å². The van der Waals surface area contributed by atoms with Crippen molar-refractivity contribution in [1.82, 2.24) is 5.32 Å². The number of rotatable bonds is 5. The average molecular weight is 284 g/mol. The van der Waals surface area contributed by atoms with E-state index < -0.39 is 0 Å². The SMILES string of the molecule is Cc1ccccc1NC(=O)NCCc1ccc(CO)cc1. The molecule has 0 spiro atoms. The molecule has 0 atom stereocenters. The fourth-order valence-corrected chi connectivity index (χ4v) is 2.01. The summed E-state index contributed by atoms with van der Waals surface area (Å²) in [6, 6.07) is 15.2. The van der Waals surface area contributed by atoms with Gasteiger partial charge in [-0.3, -0.25) is 0 Å². The Balaban J connectivity index is 1.77. The molecule has 2 rings (SSSR count). The van der Waals surface area contributed by atoms with Crippen LogP contribution in [-0.2, 0) is 13.0 Å². The van der Waals surface area contributed by atoms with Gasteiger partial charge in [-0.25, -0.2) is 4.79 Å². The van der Waals surface area contributed by atoms with Crippen molar-refractivity contribution in [3.05, 3.63) is 65.2 Å². The second-order valence-electron chi connectivity index (χ2n) is 4.92. The summed E-state index contributed by atoms with van der Waals surface area (Å²) in [5, 5.41) is 14.6. The molecular formula is C17H20N2O2. The molecule has 0 unspecified atom stereocenters. The molecule has 0 aliphatic rings. The summed E-state index contributed by atoms with van der Waals surface area (Å²) in [5.41, 5.74) is 3.88. The summed E-state index contributed by atoms with van der Waals surface area (Å²) in [5.74, 6) is 0. The summed E-state index contributed by atoms with van der Waals surface area (Å²) < 4.78 is 0. The predicted octanol–water partition coefficient (Wildman–Crippen LogP) is 2.85. The zero-order chi connectivity index (χ0) is 15.1. The lowest BCUT2D eigenvalue weighted by atomic mass is 10.1. The third-order valence-electron chi connectivity index (χ3n) is 3.30. The summed E-state index contributed by atoms with van der Waals surface area (Å²) >= 11 is 0. The quantitative estimate of drug-likeness (QED) is 0.790. The standard InChI is InChI=1S/C17H20N2O2/c1-13-4-2-3-5-16(13)19-17(21)18-11-10-14-6-8-15(12-20)9-7-14/h2-9,20H,10-12H2,1H3,(H2,18,19,21). The Labute approximate surface area is 124 Å². The summed E-state index contributed by atoms with van der Waals surface area (Å²) in [4.78, 5) is 11.8. The van der Waals surface area contributed by atoms with Crippen molar-refractivity contribution in [2.24, 2.45) is 0 Å². The van der Waals surface area contributed by atoms with Crippen molar-refractivity contribution in [2.45, 2.75) is 20.0 Å². The second kappa shape index (κ2) is 7.45. The Morgan fingerprint density at radius 3 is 2.38 bits per heavy atom. The molecule has 0 saturated heterocycles. The Hall–Kier alpha value is -2.33. The van der Waals surface area contributed by atoms with Crippen LogP contribution in [0.4, 0.5) is 10.5 Å². The van der Waals surface area contributed by atoms with Crippen LogP contribution in [-0.4, -0.2) is 17.7 Å². The maximum absolute atomic E-state index is 11.8. The number of benzene rings is 2. The van der Waals surface area contributed by atoms with Gasteiger partial charge in [0.2, 0.25) is 0 Å². The van der Waals surface area contributed by atoms with Crippen LogP contribution in [0.3, 0.4) is 0 Å². The van der Waals surface area contributed by atoms with Crippen LogP contribution in [0.5, 0.6) is 0 Å². The molecule has 2 amide bonds. The number of urea groups is 1. The fourth-order valence-electron chi connectivity index (χ4n) is 2.01. The normalized spacial score (nSPS) is 10.2. The van der Waals surface area contributed by atoms with Gasteiger partial charge < -0.3 is 15.7 Å². The molecular weight excluding hydrogens is 264 g/mol. The highest BCUT2D eigenvalue weighted by Gasteiger charge is 2.03. The van der Waals surface area contributed by atoms with E-state index in [0.717, 1.165) is 28.8 Å². The van der Waals surface area contributed by atoms with Crippen LogP contribution < -0.4 is 10.6 Å². The Bertz CT molecular complexity index is 594. The number of anilines is 1. The van der Waals surface area contributed by atoms with Gasteiger partial charge in [-0.15, -0.1) is 0 Å². The highest BCUT2D eigenvalue weighted by Crippen LogP contribution is 2.12. The minimum atomic E-state index is -0.198. The van der Waals surface area contributed by atoms with Crippen molar-refractivity contribution in [1.29, 1.82) is 0 Å². The fraction of sp³-hybridized carbons (Fsp3) is 0.235. The van der Waals surface area contributed by atoms with Crippen molar-refractivity contribution in [2.75, 3.05) is 11.9 Å². The van der Waals surface area contributed by atoms with E-state index in [9.17, 15) is 4.79 Å². The lowest BCUT2D eigenvalue weighted by molar-refractivity contribution is 0.252.